The van der Waals surface area contributed by atoms with Crippen LogP contribution in [0, 0.1) is 6.92 Å². The lowest BCUT2D eigenvalue weighted by molar-refractivity contribution is 0.0595. The highest BCUT2D eigenvalue weighted by atomic mass is 16.2. The highest BCUT2D eigenvalue weighted by Crippen LogP contribution is 2.23. The van der Waals surface area contributed by atoms with Crippen LogP contribution < -0.4 is 0 Å². The van der Waals surface area contributed by atoms with Gasteiger partial charge < -0.3 is 9.47 Å². The van der Waals surface area contributed by atoms with E-state index in [1.165, 1.54) is 5.56 Å². The van der Waals surface area contributed by atoms with Crippen LogP contribution >= 0.6 is 0 Å². The molecule has 1 saturated heterocycles. The number of carbonyl (C=O) groups excluding carboxylic acids is 1. The fourth-order valence-corrected chi connectivity index (χ4v) is 3.90. The highest BCUT2D eigenvalue weighted by molar-refractivity contribution is 5.98. The molecule has 1 aliphatic heterocycles. The summed E-state index contributed by atoms with van der Waals surface area (Å²) in [4.78, 5) is 17.4. The van der Waals surface area contributed by atoms with Gasteiger partial charge in [0.25, 0.3) is 5.91 Å². The summed E-state index contributed by atoms with van der Waals surface area (Å²) in [5.41, 5.74) is 4.29. The van der Waals surface area contributed by atoms with Crippen LogP contribution in [0.4, 0.5) is 0 Å². The molecule has 3 aromatic rings. The van der Waals surface area contributed by atoms with Crippen molar-refractivity contribution in [3.63, 3.8) is 0 Å². The molecule has 4 rings (SSSR count). The van der Waals surface area contributed by atoms with Crippen LogP contribution in [0.1, 0.15) is 29.8 Å². The first kappa shape index (κ1) is 17.8. The summed E-state index contributed by atoms with van der Waals surface area (Å²) in [5.74, 6) is 0.142. The minimum atomic E-state index is 0.142. The Morgan fingerprint density at radius 2 is 1.74 bits per heavy atom. The second kappa shape index (κ2) is 7.20. The molecule has 1 aromatic heterocycles. The number of hydrogen-bond donors (Lipinski definition) is 0. The molecule has 4 nitrogen and oxygen atoms in total. The molecule has 140 valence electrons. The zero-order valence-corrected chi connectivity index (χ0v) is 16.4. The normalized spacial score (nSPS) is 15.6. The van der Waals surface area contributed by atoms with Crippen molar-refractivity contribution in [3.8, 4) is 5.69 Å². The molecule has 0 bridgehead atoms. The van der Waals surface area contributed by atoms with E-state index in [4.69, 9.17) is 0 Å². The molecule has 2 heterocycles. The lowest BCUT2D eigenvalue weighted by Gasteiger charge is -2.37. The molecule has 0 atom stereocenters. The van der Waals surface area contributed by atoms with E-state index in [0.29, 0.717) is 6.04 Å². The summed E-state index contributed by atoms with van der Waals surface area (Å²) in [7, 11) is 0. The van der Waals surface area contributed by atoms with E-state index in [2.05, 4.69) is 72.8 Å². The van der Waals surface area contributed by atoms with Crippen LogP contribution in [0.25, 0.3) is 16.6 Å². The molecule has 1 aliphatic rings. The SMILES string of the molecule is Cc1cccc(-n2ccc3cc(C(=O)N4CCN(C(C)C)CC4)ccc32)c1. The third kappa shape index (κ3) is 3.50. The predicted octanol–water partition coefficient (Wildman–Crippen LogP) is 4.11. The number of piperazine rings is 1. The number of hydrogen-bond acceptors (Lipinski definition) is 2. The van der Waals surface area contributed by atoms with Crippen molar-refractivity contribution < 1.29 is 4.79 Å². The summed E-state index contributed by atoms with van der Waals surface area (Å²) in [6, 6.07) is 17.1. The van der Waals surface area contributed by atoms with Gasteiger partial charge >= 0.3 is 0 Å². The molecule has 4 heteroatoms. The number of amides is 1. The van der Waals surface area contributed by atoms with Crippen LogP contribution in [0.5, 0.6) is 0 Å². The highest BCUT2D eigenvalue weighted by Gasteiger charge is 2.23. The predicted molar refractivity (Wildman–Crippen MR) is 111 cm³/mol. The molecule has 1 fully saturated rings. The summed E-state index contributed by atoms with van der Waals surface area (Å²) in [6.45, 7) is 10.0. The van der Waals surface area contributed by atoms with Gasteiger partial charge in [-0.1, -0.05) is 12.1 Å². The number of fused-ring (bicyclic) bond motifs is 1. The monoisotopic (exact) mass is 361 g/mol. The molecule has 0 radical (unpaired) electrons. The lowest BCUT2D eigenvalue weighted by Crippen LogP contribution is -2.50. The van der Waals surface area contributed by atoms with E-state index < -0.39 is 0 Å². The van der Waals surface area contributed by atoms with E-state index in [0.717, 1.165) is 48.3 Å². The minimum absolute atomic E-state index is 0.142. The largest absolute Gasteiger partial charge is 0.336 e. The average molecular weight is 361 g/mol. The van der Waals surface area contributed by atoms with Gasteiger partial charge in [0, 0.05) is 55.1 Å². The van der Waals surface area contributed by atoms with Gasteiger partial charge in [0.2, 0.25) is 0 Å². The van der Waals surface area contributed by atoms with Gasteiger partial charge in [-0.25, -0.2) is 0 Å². The van der Waals surface area contributed by atoms with Crippen molar-refractivity contribution in [2.75, 3.05) is 26.2 Å². The second-order valence-electron chi connectivity index (χ2n) is 7.72. The standard InChI is InChI=1S/C23H27N3O/c1-17(2)24-11-13-25(14-12-24)23(27)20-7-8-22-19(16-20)9-10-26(22)21-6-4-5-18(3)15-21/h4-10,15-17H,11-14H2,1-3H3. The Hall–Kier alpha value is -2.59. The molecule has 0 unspecified atom stereocenters. The Bertz CT molecular complexity index is 965. The first-order valence-electron chi connectivity index (χ1n) is 9.74. The van der Waals surface area contributed by atoms with Crippen molar-refractivity contribution in [2.45, 2.75) is 26.8 Å². The average Bonchev–Trinajstić information content (AvgIpc) is 3.10. The first-order chi connectivity index (χ1) is 13.0. The van der Waals surface area contributed by atoms with Gasteiger partial charge in [-0.05, 0) is 62.7 Å². The number of benzene rings is 2. The molecular formula is C23H27N3O. The Labute approximate surface area is 161 Å². The van der Waals surface area contributed by atoms with Crippen molar-refractivity contribution >= 4 is 16.8 Å². The van der Waals surface area contributed by atoms with Crippen LogP contribution in [0.3, 0.4) is 0 Å². The van der Waals surface area contributed by atoms with Crippen LogP contribution in [-0.2, 0) is 0 Å². The quantitative estimate of drug-likeness (QED) is 0.702. The molecule has 0 saturated carbocycles. The van der Waals surface area contributed by atoms with Gasteiger partial charge in [-0.2, -0.15) is 0 Å². The number of nitrogens with zero attached hydrogens (tertiary/aromatic N) is 3. The molecule has 0 aliphatic carbocycles. The van der Waals surface area contributed by atoms with Crippen molar-refractivity contribution in [2.24, 2.45) is 0 Å². The van der Waals surface area contributed by atoms with Crippen molar-refractivity contribution in [1.29, 1.82) is 0 Å². The van der Waals surface area contributed by atoms with Gasteiger partial charge in [-0.3, -0.25) is 9.69 Å². The molecule has 27 heavy (non-hydrogen) atoms. The maximum absolute atomic E-state index is 12.9. The summed E-state index contributed by atoms with van der Waals surface area (Å²) < 4.78 is 2.18. The molecule has 0 spiro atoms. The third-order valence-electron chi connectivity index (χ3n) is 5.55. The summed E-state index contributed by atoms with van der Waals surface area (Å²) in [5, 5.41) is 1.10. The van der Waals surface area contributed by atoms with Crippen LogP contribution in [0.15, 0.2) is 54.7 Å². The third-order valence-corrected chi connectivity index (χ3v) is 5.55. The molecule has 0 N–H and O–H groups in total. The lowest BCUT2D eigenvalue weighted by atomic mass is 10.1. The summed E-state index contributed by atoms with van der Waals surface area (Å²) >= 11 is 0. The Morgan fingerprint density at radius 1 is 0.963 bits per heavy atom. The zero-order valence-electron chi connectivity index (χ0n) is 16.4. The Balaban J connectivity index is 1.57. The Morgan fingerprint density at radius 3 is 2.44 bits per heavy atom. The van der Waals surface area contributed by atoms with Gasteiger partial charge in [-0.15, -0.1) is 0 Å². The topological polar surface area (TPSA) is 28.5 Å². The van der Waals surface area contributed by atoms with Crippen LogP contribution in [0.2, 0.25) is 0 Å². The number of rotatable bonds is 3. The maximum Gasteiger partial charge on any atom is 0.253 e. The number of carbonyl (C=O) groups is 1. The van der Waals surface area contributed by atoms with E-state index in [-0.39, 0.29) is 5.91 Å². The van der Waals surface area contributed by atoms with E-state index in [9.17, 15) is 4.79 Å². The fraction of sp³-hybridized carbons (Fsp3) is 0.348. The van der Waals surface area contributed by atoms with Gasteiger partial charge in [0.1, 0.15) is 0 Å². The summed E-state index contributed by atoms with van der Waals surface area (Å²) in [6.07, 6.45) is 2.08. The Kier molecular flexibility index (Phi) is 4.75. The minimum Gasteiger partial charge on any atom is -0.336 e. The number of aromatic nitrogens is 1. The molecular weight excluding hydrogens is 334 g/mol. The van der Waals surface area contributed by atoms with E-state index in [1.807, 2.05) is 17.0 Å². The first-order valence-corrected chi connectivity index (χ1v) is 9.74. The molecule has 1 amide bonds. The smallest absolute Gasteiger partial charge is 0.253 e. The van der Waals surface area contributed by atoms with Gasteiger partial charge in [0.05, 0.1) is 5.52 Å². The van der Waals surface area contributed by atoms with Crippen molar-refractivity contribution in [1.82, 2.24) is 14.4 Å². The number of aryl methyl sites for hydroxylation is 1. The van der Waals surface area contributed by atoms with E-state index in [1.54, 1.807) is 0 Å². The maximum atomic E-state index is 12.9. The van der Waals surface area contributed by atoms with Crippen molar-refractivity contribution in [3.05, 3.63) is 65.9 Å². The van der Waals surface area contributed by atoms with Gasteiger partial charge in [0.15, 0.2) is 0 Å². The van der Waals surface area contributed by atoms with E-state index >= 15 is 0 Å². The fourth-order valence-electron chi connectivity index (χ4n) is 3.90. The molecule has 2 aromatic carbocycles. The van der Waals surface area contributed by atoms with Crippen LogP contribution in [-0.4, -0.2) is 52.5 Å². The second-order valence-corrected chi connectivity index (χ2v) is 7.72. The zero-order chi connectivity index (χ0) is 19.0.